The van der Waals surface area contributed by atoms with Crippen LogP contribution in [0.4, 0.5) is 0 Å². The van der Waals surface area contributed by atoms with Gasteiger partial charge in [-0.3, -0.25) is 0 Å². The highest BCUT2D eigenvalue weighted by Gasteiger charge is 2.23. The molecule has 1 fully saturated rings. The number of guanidine groups is 1. The molecule has 2 rings (SSSR count). The highest BCUT2D eigenvalue weighted by Crippen LogP contribution is 2.23. The van der Waals surface area contributed by atoms with Crippen LogP contribution in [0.1, 0.15) is 38.7 Å². The van der Waals surface area contributed by atoms with Crippen LogP contribution in [-0.2, 0) is 10.3 Å². The van der Waals surface area contributed by atoms with Crippen molar-refractivity contribution >= 4 is 17.3 Å². The minimum Gasteiger partial charge on any atom is -0.383 e. The second kappa shape index (κ2) is 8.50. The van der Waals surface area contributed by atoms with Gasteiger partial charge >= 0.3 is 0 Å². The molecule has 6 heteroatoms. The third-order valence-electron chi connectivity index (χ3n) is 3.82. The first-order valence-corrected chi connectivity index (χ1v) is 8.95. The van der Waals surface area contributed by atoms with Crippen molar-refractivity contribution in [1.82, 2.24) is 10.6 Å². The Morgan fingerprint density at radius 1 is 1.55 bits per heavy atom. The molecule has 5 nitrogen and oxygen atoms in total. The SMILES string of the molecule is CCNC(=NCC(C)(O)c1ccsc1)NCCC1CCCO1. The van der Waals surface area contributed by atoms with Gasteiger partial charge < -0.3 is 20.5 Å². The minimum absolute atomic E-state index is 0.332. The molecule has 0 aromatic carbocycles. The highest BCUT2D eigenvalue weighted by atomic mass is 32.1. The van der Waals surface area contributed by atoms with Crippen molar-refractivity contribution in [1.29, 1.82) is 0 Å². The maximum absolute atomic E-state index is 10.5. The number of nitrogens with zero attached hydrogens (tertiary/aromatic N) is 1. The quantitative estimate of drug-likeness (QED) is 0.530. The van der Waals surface area contributed by atoms with E-state index in [2.05, 4.69) is 15.6 Å². The van der Waals surface area contributed by atoms with E-state index in [4.69, 9.17) is 4.74 Å². The van der Waals surface area contributed by atoms with Crippen LogP contribution in [0.2, 0.25) is 0 Å². The number of aliphatic imine (C=N–C) groups is 1. The summed E-state index contributed by atoms with van der Waals surface area (Å²) in [5.41, 5.74) is -0.0202. The Balaban J connectivity index is 1.83. The van der Waals surface area contributed by atoms with E-state index in [1.807, 2.05) is 23.8 Å². The number of ether oxygens (including phenoxy) is 1. The Morgan fingerprint density at radius 2 is 2.41 bits per heavy atom. The monoisotopic (exact) mass is 325 g/mol. The molecule has 0 radical (unpaired) electrons. The average molecular weight is 325 g/mol. The standard InChI is InChI=1S/C16H27N3O2S/c1-3-17-15(18-8-6-14-5-4-9-21-14)19-12-16(2,20)13-7-10-22-11-13/h7,10-11,14,20H,3-6,8-9,12H2,1-2H3,(H2,17,18,19). The Bertz CT molecular complexity index is 454. The summed E-state index contributed by atoms with van der Waals surface area (Å²) in [7, 11) is 0. The van der Waals surface area contributed by atoms with Crippen LogP contribution in [-0.4, -0.2) is 43.4 Å². The van der Waals surface area contributed by atoms with Crippen LogP contribution >= 0.6 is 11.3 Å². The van der Waals surface area contributed by atoms with Crippen molar-refractivity contribution in [2.24, 2.45) is 4.99 Å². The van der Waals surface area contributed by atoms with Gasteiger partial charge in [0.25, 0.3) is 0 Å². The van der Waals surface area contributed by atoms with Crippen LogP contribution in [0.3, 0.4) is 0 Å². The molecule has 1 aromatic heterocycles. The molecule has 3 N–H and O–H groups in total. The first-order chi connectivity index (χ1) is 10.6. The molecule has 124 valence electrons. The van der Waals surface area contributed by atoms with E-state index in [-0.39, 0.29) is 0 Å². The number of nitrogens with one attached hydrogen (secondary N) is 2. The summed E-state index contributed by atoms with van der Waals surface area (Å²) >= 11 is 1.59. The van der Waals surface area contributed by atoms with Gasteiger partial charge in [0, 0.05) is 19.7 Å². The Morgan fingerprint density at radius 3 is 3.05 bits per heavy atom. The molecule has 1 aromatic rings. The van der Waals surface area contributed by atoms with Crippen LogP contribution < -0.4 is 10.6 Å². The summed E-state index contributed by atoms with van der Waals surface area (Å²) in [5, 5.41) is 21.0. The summed E-state index contributed by atoms with van der Waals surface area (Å²) in [4.78, 5) is 4.51. The third kappa shape index (κ3) is 5.26. The van der Waals surface area contributed by atoms with Crippen molar-refractivity contribution in [2.45, 2.75) is 44.8 Å². The number of rotatable bonds is 7. The molecule has 1 aliphatic rings. The van der Waals surface area contributed by atoms with Crippen molar-refractivity contribution in [3.8, 4) is 0 Å². The van der Waals surface area contributed by atoms with Crippen molar-refractivity contribution in [3.05, 3.63) is 22.4 Å². The third-order valence-corrected chi connectivity index (χ3v) is 4.50. The average Bonchev–Trinajstić information content (AvgIpc) is 3.18. The maximum atomic E-state index is 10.5. The molecule has 0 saturated carbocycles. The zero-order valence-electron chi connectivity index (χ0n) is 13.5. The summed E-state index contributed by atoms with van der Waals surface area (Å²) in [6.45, 7) is 6.69. The molecular formula is C16H27N3O2S. The largest absolute Gasteiger partial charge is 0.383 e. The molecule has 2 unspecified atom stereocenters. The van der Waals surface area contributed by atoms with E-state index < -0.39 is 5.60 Å². The van der Waals surface area contributed by atoms with Gasteiger partial charge in [0.1, 0.15) is 5.60 Å². The van der Waals surface area contributed by atoms with Crippen LogP contribution in [0.25, 0.3) is 0 Å². The van der Waals surface area contributed by atoms with E-state index in [0.29, 0.717) is 12.6 Å². The molecule has 1 aliphatic heterocycles. The van der Waals surface area contributed by atoms with E-state index in [1.165, 1.54) is 6.42 Å². The van der Waals surface area contributed by atoms with Gasteiger partial charge in [0.15, 0.2) is 5.96 Å². The molecule has 0 bridgehead atoms. The van der Waals surface area contributed by atoms with Crippen LogP contribution in [0.5, 0.6) is 0 Å². The van der Waals surface area contributed by atoms with Gasteiger partial charge in [0.05, 0.1) is 12.6 Å². The molecule has 2 atom stereocenters. The Labute approximate surface area is 136 Å². The second-order valence-corrected chi connectivity index (χ2v) is 6.61. The smallest absolute Gasteiger partial charge is 0.191 e. The normalized spacial score (nSPS) is 21.6. The molecule has 2 heterocycles. The lowest BCUT2D eigenvalue weighted by Crippen LogP contribution is -2.40. The van der Waals surface area contributed by atoms with Crippen LogP contribution in [0.15, 0.2) is 21.8 Å². The fourth-order valence-electron chi connectivity index (χ4n) is 2.46. The number of aliphatic hydroxyl groups is 1. The van der Waals surface area contributed by atoms with Gasteiger partial charge in [-0.25, -0.2) is 4.99 Å². The second-order valence-electron chi connectivity index (χ2n) is 5.83. The molecule has 1 saturated heterocycles. The Hall–Kier alpha value is -1.11. The predicted molar refractivity (Wildman–Crippen MR) is 91.5 cm³/mol. The zero-order chi connectivity index (χ0) is 15.8. The minimum atomic E-state index is -0.934. The molecule has 0 spiro atoms. The first-order valence-electron chi connectivity index (χ1n) is 8.00. The molecule has 0 aliphatic carbocycles. The Kier molecular flexibility index (Phi) is 6.67. The fraction of sp³-hybridized carbons (Fsp3) is 0.688. The van der Waals surface area contributed by atoms with E-state index in [9.17, 15) is 5.11 Å². The summed E-state index contributed by atoms with van der Waals surface area (Å²) < 4.78 is 5.62. The van der Waals surface area contributed by atoms with E-state index in [0.717, 1.165) is 44.1 Å². The van der Waals surface area contributed by atoms with Gasteiger partial charge in [-0.1, -0.05) is 0 Å². The fourth-order valence-corrected chi connectivity index (χ4v) is 3.24. The number of hydrogen-bond acceptors (Lipinski definition) is 4. The van der Waals surface area contributed by atoms with E-state index >= 15 is 0 Å². The predicted octanol–water partition coefficient (Wildman–Crippen LogP) is 2.08. The van der Waals surface area contributed by atoms with Gasteiger partial charge in [-0.05, 0) is 55.5 Å². The highest BCUT2D eigenvalue weighted by molar-refractivity contribution is 7.08. The maximum Gasteiger partial charge on any atom is 0.191 e. The lowest BCUT2D eigenvalue weighted by atomic mass is 10.00. The van der Waals surface area contributed by atoms with Gasteiger partial charge in [-0.15, -0.1) is 0 Å². The van der Waals surface area contributed by atoms with E-state index in [1.54, 1.807) is 18.3 Å². The molecule has 22 heavy (non-hydrogen) atoms. The number of thiophene rings is 1. The van der Waals surface area contributed by atoms with Crippen molar-refractivity contribution < 1.29 is 9.84 Å². The van der Waals surface area contributed by atoms with Gasteiger partial charge in [0.2, 0.25) is 0 Å². The van der Waals surface area contributed by atoms with Gasteiger partial charge in [-0.2, -0.15) is 11.3 Å². The lowest BCUT2D eigenvalue weighted by Gasteiger charge is -2.21. The van der Waals surface area contributed by atoms with Crippen molar-refractivity contribution in [3.63, 3.8) is 0 Å². The summed E-state index contributed by atoms with van der Waals surface area (Å²) in [6, 6.07) is 1.94. The first kappa shape index (κ1) is 17.2. The molecular weight excluding hydrogens is 298 g/mol. The molecule has 0 amide bonds. The zero-order valence-corrected chi connectivity index (χ0v) is 14.3. The van der Waals surface area contributed by atoms with Crippen molar-refractivity contribution in [2.75, 3.05) is 26.2 Å². The summed E-state index contributed by atoms with van der Waals surface area (Å²) in [6.07, 6.45) is 3.69. The topological polar surface area (TPSA) is 65.9 Å². The lowest BCUT2D eigenvalue weighted by molar-refractivity contribution is 0.0677. The summed E-state index contributed by atoms with van der Waals surface area (Å²) in [5.74, 6) is 0.746. The number of hydrogen-bond donors (Lipinski definition) is 3. The van der Waals surface area contributed by atoms with Crippen LogP contribution in [0, 0.1) is 0 Å².